The maximum absolute atomic E-state index is 5.82. The normalized spacial score (nSPS) is 16.4. The Labute approximate surface area is 146 Å². The maximum Gasteiger partial charge on any atom is 0.190 e. The fourth-order valence-corrected chi connectivity index (χ4v) is 2.65. The second-order valence-electron chi connectivity index (χ2n) is 5.99. The van der Waals surface area contributed by atoms with Crippen molar-refractivity contribution in [1.29, 1.82) is 0 Å². The van der Waals surface area contributed by atoms with Crippen molar-refractivity contribution in [3.05, 3.63) is 41.8 Å². The average Bonchev–Trinajstić information content (AvgIpc) is 2.62. The van der Waals surface area contributed by atoms with Gasteiger partial charge in [-0.1, -0.05) is 51.2 Å². The monoisotopic (exact) mass is 330 g/mol. The molecule has 0 aromatic heterocycles. The van der Waals surface area contributed by atoms with Crippen LogP contribution in [-0.2, 0) is 4.74 Å². The van der Waals surface area contributed by atoms with Crippen LogP contribution in [0.1, 0.15) is 64.1 Å². The summed E-state index contributed by atoms with van der Waals surface area (Å²) >= 11 is 0. The van der Waals surface area contributed by atoms with Crippen molar-refractivity contribution in [2.45, 2.75) is 58.5 Å². The van der Waals surface area contributed by atoms with E-state index in [0.29, 0.717) is 6.61 Å². The molecule has 0 bridgehead atoms. The molecule has 1 heterocycles. The van der Waals surface area contributed by atoms with E-state index in [1.54, 1.807) is 6.21 Å². The molecule has 2 rings (SSSR count). The third-order valence-electron chi connectivity index (χ3n) is 4.00. The van der Waals surface area contributed by atoms with Gasteiger partial charge in [0.2, 0.25) is 0 Å². The highest BCUT2D eigenvalue weighted by atomic mass is 16.5. The number of ether oxygens (including phenoxy) is 2. The standard InChI is InChI=1S/C20H30N2O2/c1-3-5-6-7-8-9-16-24-18-12-10-17(11-13-18)20-21-15-14-19(22-20)23-4-2/h10-15,20,22H,3-9,16H2,1-2H3. The van der Waals surface area contributed by atoms with E-state index in [9.17, 15) is 0 Å². The van der Waals surface area contributed by atoms with Gasteiger partial charge >= 0.3 is 0 Å². The van der Waals surface area contributed by atoms with Gasteiger partial charge in [0.05, 0.1) is 13.2 Å². The van der Waals surface area contributed by atoms with Gasteiger partial charge in [0.15, 0.2) is 5.88 Å². The average molecular weight is 330 g/mol. The zero-order chi connectivity index (χ0) is 17.0. The van der Waals surface area contributed by atoms with Crippen molar-refractivity contribution >= 4 is 6.21 Å². The number of allylic oxidation sites excluding steroid dienone is 1. The van der Waals surface area contributed by atoms with Crippen LogP contribution in [0.25, 0.3) is 0 Å². The summed E-state index contributed by atoms with van der Waals surface area (Å²) in [7, 11) is 0. The number of hydrogen-bond acceptors (Lipinski definition) is 4. The summed E-state index contributed by atoms with van der Waals surface area (Å²) in [6, 6.07) is 8.14. The molecule has 1 N–H and O–H groups in total. The van der Waals surface area contributed by atoms with E-state index >= 15 is 0 Å². The minimum absolute atomic E-state index is 0.0934. The van der Waals surface area contributed by atoms with Crippen LogP contribution in [0, 0.1) is 0 Å². The lowest BCUT2D eigenvalue weighted by Gasteiger charge is -2.21. The summed E-state index contributed by atoms with van der Waals surface area (Å²) < 4.78 is 11.3. The topological polar surface area (TPSA) is 42.9 Å². The molecular weight excluding hydrogens is 300 g/mol. The molecule has 1 aromatic carbocycles. The van der Waals surface area contributed by atoms with Crippen molar-refractivity contribution in [1.82, 2.24) is 5.32 Å². The first-order valence-electron chi connectivity index (χ1n) is 9.19. The summed E-state index contributed by atoms with van der Waals surface area (Å²) in [6.45, 7) is 5.65. The zero-order valence-corrected chi connectivity index (χ0v) is 15.0. The molecule has 1 aliphatic heterocycles. The molecule has 1 unspecified atom stereocenters. The molecule has 0 amide bonds. The lowest BCUT2D eigenvalue weighted by molar-refractivity contribution is 0.197. The van der Waals surface area contributed by atoms with Crippen LogP contribution in [0.4, 0.5) is 0 Å². The molecule has 0 radical (unpaired) electrons. The summed E-state index contributed by atoms with van der Waals surface area (Å²) in [5.74, 6) is 1.69. The van der Waals surface area contributed by atoms with E-state index in [-0.39, 0.29) is 6.17 Å². The van der Waals surface area contributed by atoms with Gasteiger partial charge in [-0.2, -0.15) is 0 Å². The SMILES string of the molecule is CCCCCCCCOc1ccc(C2N=CC=C(OCC)N2)cc1. The van der Waals surface area contributed by atoms with Gasteiger partial charge in [0.25, 0.3) is 0 Å². The molecule has 0 spiro atoms. The molecule has 24 heavy (non-hydrogen) atoms. The Kier molecular flexibility index (Phi) is 8.22. The van der Waals surface area contributed by atoms with Crippen molar-refractivity contribution in [2.75, 3.05) is 13.2 Å². The molecule has 0 aliphatic carbocycles. The number of nitrogens with zero attached hydrogens (tertiary/aromatic N) is 1. The highest BCUT2D eigenvalue weighted by Crippen LogP contribution is 2.21. The van der Waals surface area contributed by atoms with E-state index in [1.165, 1.54) is 32.1 Å². The van der Waals surface area contributed by atoms with Crippen LogP contribution >= 0.6 is 0 Å². The summed E-state index contributed by atoms with van der Waals surface area (Å²) in [4.78, 5) is 4.44. The highest BCUT2D eigenvalue weighted by molar-refractivity contribution is 5.72. The van der Waals surface area contributed by atoms with Crippen LogP contribution in [0.3, 0.4) is 0 Å². The van der Waals surface area contributed by atoms with Gasteiger partial charge in [-0.15, -0.1) is 0 Å². The molecule has 1 aliphatic rings. The summed E-state index contributed by atoms with van der Waals surface area (Å²) in [5.41, 5.74) is 1.10. The lowest BCUT2D eigenvalue weighted by atomic mass is 10.1. The Bertz CT molecular complexity index is 523. The summed E-state index contributed by atoms with van der Waals surface area (Å²) in [6.07, 6.45) is 11.2. The van der Waals surface area contributed by atoms with E-state index < -0.39 is 0 Å². The minimum atomic E-state index is -0.0934. The fourth-order valence-electron chi connectivity index (χ4n) is 2.65. The van der Waals surface area contributed by atoms with Gasteiger partial charge in [0, 0.05) is 12.3 Å². The van der Waals surface area contributed by atoms with Gasteiger partial charge in [-0.05, 0) is 31.0 Å². The highest BCUT2D eigenvalue weighted by Gasteiger charge is 2.13. The first-order valence-corrected chi connectivity index (χ1v) is 9.19. The van der Waals surface area contributed by atoms with Gasteiger partial charge < -0.3 is 14.8 Å². The molecule has 0 saturated carbocycles. The first kappa shape index (κ1) is 18.4. The van der Waals surface area contributed by atoms with Crippen LogP contribution in [0.15, 0.2) is 41.2 Å². The Hall–Kier alpha value is -1.97. The predicted molar refractivity (Wildman–Crippen MR) is 99.4 cm³/mol. The third kappa shape index (κ3) is 6.26. The maximum atomic E-state index is 5.82. The van der Waals surface area contributed by atoms with Crippen molar-refractivity contribution in [3.63, 3.8) is 0 Å². The second kappa shape index (κ2) is 10.7. The van der Waals surface area contributed by atoms with E-state index in [2.05, 4.69) is 29.4 Å². The predicted octanol–water partition coefficient (Wildman–Crippen LogP) is 4.98. The van der Waals surface area contributed by atoms with E-state index in [0.717, 1.165) is 30.2 Å². The smallest absolute Gasteiger partial charge is 0.190 e. The molecule has 1 aromatic rings. The van der Waals surface area contributed by atoms with Gasteiger partial charge in [0.1, 0.15) is 11.9 Å². The molecule has 132 valence electrons. The van der Waals surface area contributed by atoms with Crippen molar-refractivity contribution in [2.24, 2.45) is 4.99 Å². The Morgan fingerprint density at radius 2 is 1.71 bits per heavy atom. The van der Waals surface area contributed by atoms with E-state index in [1.807, 2.05) is 25.1 Å². The number of unbranched alkanes of at least 4 members (excludes halogenated alkanes) is 5. The Morgan fingerprint density at radius 3 is 2.46 bits per heavy atom. The molecule has 4 heteroatoms. The van der Waals surface area contributed by atoms with Crippen LogP contribution in [0.5, 0.6) is 5.75 Å². The number of aliphatic imine (C=N–C) groups is 1. The first-order chi connectivity index (χ1) is 11.8. The lowest BCUT2D eigenvalue weighted by Crippen LogP contribution is -2.23. The minimum Gasteiger partial charge on any atom is -0.494 e. The van der Waals surface area contributed by atoms with Crippen LogP contribution in [0.2, 0.25) is 0 Å². The van der Waals surface area contributed by atoms with Crippen LogP contribution < -0.4 is 10.1 Å². The quantitative estimate of drug-likeness (QED) is 0.582. The molecule has 0 saturated heterocycles. The molecule has 4 nitrogen and oxygen atoms in total. The Balaban J connectivity index is 1.71. The molecule has 1 atom stereocenters. The molecular formula is C20H30N2O2. The Morgan fingerprint density at radius 1 is 0.958 bits per heavy atom. The zero-order valence-electron chi connectivity index (χ0n) is 15.0. The fraction of sp³-hybridized carbons (Fsp3) is 0.550. The summed E-state index contributed by atoms with van der Waals surface area (Å²) in [5, 5.41) is 3.27. The number of nitrogens with one attached hydrogen (secondary N) is 1. The number of hydrogen-bond donors (Lipinski definition) is 1. The van der Waals surface area contributed by atoms with Crippen LogP contribution in [-0.4, -0.2) is 19.4 Å². The third-order valence-corrected chi connectivity index (χ3v) is 4.00. The van der Waals surface area contributed by atoms with Crippen molar-refractivity contribution < 1.29 is 9.47 Å². The largest absolute Gasteiger partial charge is 0.494 e. The number of rotatable bonds is 11. The second-order valence-corrected chi connectivity index (χ2v) is 5.99. The van der Waals surface area contributed by atoms with Gasteiger partial charge in [-0.25, -0.2) is 0 Å². The van der Waals surface area contributed by atoms with Gasteiger partial charge in [-0.3, -0.25) is 4.99 Å². The number of benzene rings is 1. The van der Waals surface area contributed by atoms with Crippen molar-refractivity contribution in [3.8, 4) is 5.75 Å². The molecule has 0 fully saturated rings. The van der Waals surface area contributed by atoms with E-state index in [4.69, 9.17) is 9.47 Å².